The van der Waals surface area contributed by atoms with Crippen LogP contribution in [0.4, 0.5) is 0 Å². The normalized spacial score (nSPS) is 10.0. The van der Waals surface area contributed by atoms with E-state index in [-0.39, 0.29) is 0 Å². The highest BCUT2D eigenvalue weighted by molar-refractivity contribution is 6.19. The van der Waals surface area contributed by atoms with Crippen molar-refractivity contribution in [2.75, 3.05) is 5.88 Å². The molecule has 2 nitrogen and oxygen atoms in total. The maximum atomic E-state index is 8.45. The third-order valence-corrected chi connectivity index (χ3v) is 1.48. The molecule has 0 fully saturated rings. The number of allylic oxidation sites excluding steroid dienone is 1. The van der Waals surface area contributed by atoms with Crippen molar-refractivity contribution < 1.29 is 0 Å². The Labute approximate surface area is 76.1 Å². The highest BCUT2D eigenvalue weighted by Crippen LogP contribution is 2.01. The quantitative estimate of drug-likeness (QED) is 0.651. The molecule has 1 rings (SSSR count). The molecule has 0 amide bonds. The fourth-order valence-corrected chi connectivity index (χ4v) is 0.840. The van der Waals surface area contributed by atoms with Crippen LogP contribution in [0, 0.1) is 11.3 Å². The Morgan fingerprint density at radius 2 is 2.42 bits per heavy atom. The Morgan fingerprint density at radius 3 is 2.92 bits per heavy atom. The zero-order valence-corrected chi connectivity index (χ0v) is 7.12. The molecule has 0 saturated heterocycles. The highest BCUT2D eigenvalue weighted by atomic mass is 35.5. The van der Waals surface area contributed by atoms with Gasteiger partial charge in [0.25, 0.3) is 0 Å². The SMILES string of the molecule is N#Cc1ccc(C=CCCl)cn1. The van der Waals surface area contributed by atoms with Crippen molar-refractivity contribution in [1.29, 1.82) is 5.26 Å². The Morgan fingerprint density at radius 1 is 1.58 bits per heavy atom. The Hall–Kier alpha value is -1.33. The molecule has 0 spiro atoms. The molecule has 0 atom stereocenters. The minimum absolute atomic E-state index is 0.429. The van der Waals surface area contributed by atoms with Crippen molar-refractivity contribution in [3.8, 4) is 6.07 Å². The van der Waals surface area contributed by atoms with Crippen molar-refractivity contribution in [3.05, 3.63) is 35.7 Å². The number of nitrogens with zero attached hydrogens (tertiary/aromatic N) is 2. The topological polar surface area (TPSA) is 36.7 Å². The van der Waals surface area contributed by atoms with Crippen molar-refractivity contribution in [2.45, 2.75) is 0 Å². The molecular weight excluding hydrogens is 172 g/mol. The monoisotopic (exact) mass is 178 g/mol. The zero-order chi connectivity index (χ0) is 8.81. The van der Waals surface area contributed by atoms with Crippen molar-refractivity contribution in [2.24, 2.45) is 0 Å². The number of hydrogen-bond donors (Lipinski definition) is 0. The molecule has 60 valence electrons. The van der Waals surface area contributed by atoms with Gasteiger partial charge in [0.05, 0.1) is 0 Å². The van der Waals surface area contributed by atoms with Gasteiger partial charge in [-0.3, -0.25) is 0 Å². The van der Waals surface area contributed by atoms with E-state index < -0.39 is 0 Å². The molecule has 3 heteroatoms. The minimum Gasteiger partial charge on any atom is -0.245 e. The van der Waals surface area contributed by atoms with E-state index in [4.69, 9.17) is 16.9 Å². The molecule has 1 aromatic heterocycles. The summed E-state index contributed by atoms with van der Waals surface area (Å²) in [5.41, 5.74) is 1.38. The summed E-state index contributed by atoms with van der Waals surface area (Å²) >= 11 is 5.45. The molecule has 0 aromatic carbocycles. The molecule has 0 saturated carbocycles. The second-order valence-corrected chi connectivity index (χ2v) is 2.45. The third-order valence-electron chi connectivity index (χ3n) is 1.30. The van der Waals surface area contributed by atoms with Crippen LogP contribution in [0.1, 0.15) is 11.3 Å². The first-order valence-corrected chi connectivity index (χ1v) is 3.99. The van der Waals surface area contributed by atoms with Crippen LogP contribution in [0.2, 0.25) is 0 Å². The van der Waals surface area contributed by atoms with Gasteiger partial charge in [-0.15, -0.1) is 11.6 Å². The lowest BCUT2D eigenvalue weighted by Crippen LogP contribution is -1.81. The first-order valence-electron chi connectivity index (χ1n) is 3.45. The summed E-state index contributed by atoms with van der Waals surface area (Å²) in [5.74, 6) is 0.486. The molecule has 1 heterocycles. The number of alkyl halides is 1. The van der Waals surface area contributed by atoms with E-state index >= 15 is 0 Å². The summed E-state index contributed by atoms with van der Waals surface area (Å²) in [6.45, 7) is 0. The van der Waals surface area contributed by atoms with Crippen molar-refractivity contribution >= 4 is 17.7 Å². The van der Waals surface area contributed by atoms with Gasteiger partial charge in [0, 0.05) is 12.1 Å². The molecule has 12 heavy (non-hydrogen) atoms. The molecule has 0 aliphatic heterocycles. The lowest BCUT2D eigenvalue weighted by molar-refractivity contribution is 1.26. The van der Waals surface area contributed by atoms with Crippen LogP contribution >= 0.6 is 11.6 Å². The predicted octanol–water partition coefficient (Wildman–Crippen LogP) is 2.21. The van der Waals surface area contributed by atoms with E-state index in [1.165, 1.54) is 0 Å². The van der Waals surface area contributed by atoms with Crippen LogP contribution < -0.4 is 0 Å². The lowest BCUT2D eigenvalue weighted by atomic mass is 10.2. The van der Waals surface area contributed by atoms with E-state index in [0.29, 0.717) is 11.6 Å². The number of aromatic nitrogens is 1. The fraction of sp³-hybridized carbons (Fsp3) is 0.111. The van der Waals surface area contributed by atoms with E-state index in [2.05, 4.69) is 4.98 Å². The largest absolute Gasteiger partial charge is 0.245 e. The summed E-state index contributed by atoms with van der Waals surface area (Å²) in [7, 11) is 0. The summed E-state index contributed by atoms with van der Waals surface area (Å²) in [6, 6.07) is 5.45. The van der Waals surface area contributed by atoms with E-state index in [0.717, 1.165) is 5.56 Å². The van der Waals surface area contributed by atoms with Crippen LogP contribution in [-0.4, -0.2) is 10.9 Å². The van der Waals surface area contributed by atoms with Gasteiger partial charge in [-0.1, -0.05) is 18.2 Å². The minimum atomic E-state index is 0.429. The van der Waals surface area contributed by atoms with Crippen LogP contribution in [0.15, 0.2) is 24.4 Å². The van der Waals surface area contributed by atoms with Gasteiger partial charge in [-0.25, -0.2) is 4.98 Å². The average Bonchev–Trinajstić information content (AvgIpc) is 2.15. The summed E-state index contributed by atoms with van der Waals surface area (Å²) in [5, 5.41) is 8.45. The fourth-order valence-electron chi connectivity index (χ4n) is 0.751. The number of nitriles is 1. The second kappa shape index (κ2) is 4.53. The highest BCUT2D eigenvalue weighted by Gasteiger charge is 1.89. The van der Waals surface area contributed by atoms with E-state index in [1.807, 2.05) is 24.3 Å². The van der Waals surface area contributed by atoms with Gasteiger partial charge in [-0.2, -0.15) is 5.26 Å². The standard InChI is InChI=1S/C9H7ClN2/c10-5-1-2-8-3-4-9(6-11)12-7-8/h1-4,7H,5H2. The molecule has 0 aliphatic carbocycles. The van der Waals surface area contributed by atoms with Crippen LogP contribution in [0.5, 0.6) is 0 Å². The molecule has 0 unspecified atom stereocenters. The first-order chi connectivity index (χ1) is 5.86. The predicted molar refractivity (Wildman–Crippen MR) is 48.7 cm³/mol. The van der Waals surface area contributed by atoms with Gasteiger partial charge in [0.15, 0.2) is 0 Å². The second-order valence-electron chi connectivity index (χ2n) is 2.15. The summed E-state index contributed by atoms with van der Waals surface area (Å²) < 4.78 is 0. The number of pyridine rings is 1. The van der Waals surface area contributed by atoms with Crippen molar-refractivity contribution in [3.63, 3.8) is 0 Å². The van der Waals surface area contributed by atoms with Crippen LogP contribution in [-0.2, 0) is 0 Å². The molecule has 0 aliphatic rings. The third kappa shape index (κ3) is 2.37. The van der Waals surface area contributed by atoms with E-state index in [9.17, 15) is 0 Å². The average molecular weight is 179 g/mol. The van der Waals surface area contributed by atoms with Crippen LogP contribution in [0.3, 0.4) is 0 Å². The number of hydrogen-bond acceptors (Lipinski definition) is 2. The first kappa shape index (κ1) is 8.76. The number of rotatable bonds is 2. The Bertz CT molecular complexity index is 308. The van der Waals surface area contributed by atoms with Gasteiger partial charge in [-0.05, 0) is 11.6 Å². The maximum Gasteiger partial charge on any atom is 0.140 e. The van der Waals surface area contributed by atoms with Crippen LogP contribution in [0.25, 0.3) is 6.08 Å². The Kier molecular flexibility index (Phi) is 3.31. The maximum absolute atomic E-state index is 8.45. The van der Waals surface area contributed by atoms with Gasteiger partial charge in [0.2, 0.25) is 0 Å². The zero-order valence-electron chi connectivity index (χ0n) is 6.37. The smallest absolute Gasteiger partial charge is 0.140 e. The molecule has 0 radical (unpaired) electrons. The van der Waals surface area contributed by atoms with Gasteiger partial charge >= 0.3 is 0 Å². The van der Waals surface area contributed by atoms with Crippen molar-refractivity contribution in [1.82, 2.24) is 4.98 Å². The number of halogens is 1. The molecular formula is C9H7ClN2. The van der Waals surface area contributed by atoms with Gasteiger partial charge in [0.1, 0.15) is 11.8 Å². The lowest BCUT2D eigenvalue weighted by Gasteiger charge is -1.90. The summed E-state index contributed by atoms with van der Waals surface area (Å²) in [4.78, 5) is 3.89. The molecule has 0 bridgehead atoms. The van der Waals surface area contributed by atoms with Gasteiger partial charge < -0.3 is 0 Å². The Balaban J connectivity index is 2.80. The van der Waals surface area contributed by atoms with E-state index in [1.54, 1.807) is 12.3 Å². The molecule has 1 aromatic rings. The summed E-state index contributed by atoms with van der Waals surface area (Å²) in [6.07, 6.45) is 5.33. The molecule has 0 N–H and O–H groups in total.